The highest BCUT2D eigenvalue weighted by molar-refractivity contribution is 6.34. The predicted octanol–water partition coefficient (Wildman–Crippen LogP) is 4.86. The largest absolute Gasteiger partial charge is 0.303 e. The average Bonchev–Trinajstić information content (AvgIpc) is 2.82. The van der Waals surface area contributed by atoms with Crippen LogP contribution >= 0.6 is 23.2 Å². The molecule has 1 aliphatic heterocycles. The van der Waals surface area contributed by atoms with Gasteiger partial charge < -0.3 is 4.90 Å². The number of halogens is 2. The van der Waals surface area contributed by atoms with Gasteiger partial charge in [-0.25, -0.2) is 0 Å². The Hall–Kier alpha value is -1.51. The van der Waals surface area contributed by atoms with E-state index in [4.69, 9.17) is 23.2 Å². The minimum atomic E-state index is 0.0275. The second-order valence-electron chi connectivity index (χ2n) is 4.82. The number of amides is 1. The first kappa shape index (κ1) is 13.5. The Kier molecular flexibility index (Phi) is 3.68. The summed E-state index contributed by atoms with van der Waals surface area (Å²) in [5.41, 5.74) is 1.86. The molecular formula is C16H13Cl2NO. The van der Waals surface area contributed by atoms with Crippen LogP contribution in [0, 0.1) is 0 Å². The van der Waals surface area contributed by atoms with Gasteiger partial charge >= 0.3 is 0 Å². The maximum absolute atomic E-state index is 12.2. The first-order valence-electron chi connectivity index (χ1n) is 6.49. The first-order valence-corrected chi connectivity index (χ1v) is 7.24. The van der Waals surface area contributed by atoms with Gasteiger partial charge in [-0.15, -0.1) is 0 Å². The minimum Gasteiger partial charge on any atom is -0.303 e. The van der Waals surface area contributed by atoms with E-state index in [9.17, 15) is 4.79 Å². The molecule has 1 amide bonds. The topological polar surface area (TPSA) is 20.3 Å². The van der Waals surface area contributed by atoms with Crippen molar-refractivity contribution in [2.75, 3.05) is 4.90 Å². The number of benzene rings is 2. The fourth-order valence-electron chi connectivity index (χ4n) is 2.63. The third-order valence-corrected chi connectivity index (χ3v) is 4.15. The molecule has 4 heteroatoms. The quantitative estimate of drug-likeness (QED) is 0.776. The monoisotopic (exact) mass is 305 g/mol. The van der Waals surface area contributed by atoms with Crippen molar-refractivity contribution in [2.24, 2.45) is 0 Å². The number of hydrogen-bond donors (Lipinski definition) is 0. The molecule has 0 N–H and O–H groups in total. The van der Waals surface area contributed by atoms with E-state index in [2.05, 4.69) is 0 Å². The van der Waals surface area contributed by atoms with Crippen molar-refractivity contribution in [2.45, 2.75) is 18.9 Å². The van der Waals surface area contributed by atoms with Gasteiger partial charge in [-0.2, -0.15) is 0 Å². The van der Waals surface area contributed by atoms with Crippen LogP contribution in [0.25, 0.3) is 0 Å². The van der Waals surface area contributed by atoms with Gasteiger partial charge in [-0.1, -0.05) is 47.5 Å². The highest BCUT2D eigenvalue weighted by atomic mass is 35.5. The number of nitrogens with zero attached hydrogens (tertiary/aromatic N) is 1. The first-order chi connectivity index (χ1) is 9.66. The third-order valence-electron chi connectivity index (χ3n) is 3.58. The smallest absolute Gasteiger partial charge is 0.227 e. The summed E-state index contributed by atoms with van der Waals surface area (Å²) in [6, 6.07) is 15.1. The molecule has 1 aliphatic rings. The van der Waals surface area contributed by atoms with Crippen LogP contribution in [0.1, 0.15) is 24.4 Å². The van der Waals surface area contributed by atoms with E-state index in [1.807, 2.05) is 42.5 Å². The van der Waals surface area contributed by atoms with Crippen molar-refractivity contribution in [3.8, 4) is 0 Å². The van der Waals surface area contributed by atoms with Crippen molar-refractivity contribution < 1.29 is 4.79 Å². The van der Waals surface area contributed by atoms with Crippen LogP contribution in [0.3, 0.4) is 0 Å². The van der Waals surface area contributed by atoms with Crippen molar-refractivity contribution in [3.63, 3.8) is 0 Å². The van der Waals surface area contributed by atoms with E-state index in [1.54, 1.807) is 11.0 Å². The predicted molar refractivity (Wildman–Crippen MR) is 82.4 cm³/mol. The summed E-state index contributed by atoms with van der Waals surface area (Å²) in [6.45, 7) is 0. The fourth-order valence-corrected chi connectivity index (χ4v) is 2.99. The molecule has 1 heterocycles. The second kappa shape index (κ2) is 5.47. The Morgan fingerprint density at radius 3 is 2.40 bits per heavy atom. The van der Waals surface area contributed by atoms with E-state index in [1.165, 1.54) is 0 Å². The lowest BCUT2D eigenvalue weighted by atomic mass is 10.0. The molecular weight excluding hydrogens is 293 g/mol. The molecule has 3 rings (SSSR count). The summed E-state index contributed by atoms with van der Waals surface area (Å²) in [4.78, 5) is 14.0. The number of rotatable bonds is 2. The van der Waals surface area contributed by atoms with Crippen molar-refractivity contribution in [1.82, 2.24) is 0 Å². The zero-order chi connectivity index (χ0) is 14.1. The van der Waals surface area contributed by atoms with Crippen LogP contribution in [0.4, 0.5) is 5.69 Å². The maximum Gasteiger partial charge on any atom is 0.227 e. The van der Waals surface area contributed by atoms with Crippen molar-refractivity contribution in [3.05, 3.63) is 64.1 Å². The summed E-state index contributed by atoms with van der Waals surface area (Å²) in [5.74, 6) is 0.109. The van der Waals surface area contributed by atoms with E-state index >= 15 is 0 Å². The number of hydrogen-bond acceptors (Lipinski definition) is 1. The van der Waals surface area contributed by atoms with E-state index in [0.29, 0.717) is 16.5 Å². The Morgan fingerprint density at radius 1 is 1.00 bits per heavy atom. The van der Waals surface area contributed by atoms with Gasteiger partial charge in [0.05, 0.1) is 16.8 Å². The molecule has 0 spiro atoms. The number of carbonyl (C=O) groups is 1. The van der Waals surface area contributed by atoms with Crippen LogP contribution < -0.4 is 4.90 Å². The van der Waals surface area contributed by atoms with Gasteiger partial charge in [-0.05, 0) is 36.2 Å². The fraction of sp³-hybridized carbons (Fsp3) is 0.188. The molecule has 1 fully saturated rings. The van der Waals surface area contributed by atoms with Gasteiger partial charge in [0.25, 0.3) is 0 Å². The summed E-state index contributed by atoms with van der Waals surface area (Å²) in [6.07, 6.45) is 1.34. The van der Waals surface area contributed by atoms with Gasteiger partial charge in [0, 0.05) is 11.4 Å². The van der Waals surface area contributed by atoms with Gasteiger partial charge in [0.15, 0.2) is 0 Å². The lowest BCUT2D eigenvalue weighted by molar-refractivity contribution is -0.117. The molecule has 1 atom stereocenters. The highest BCUT2D eigenvalue weighted by Crippen LogP contribution is 2.40. The Morgan fingerprint density at radius 2 is 1.70 bits per heavy atom. The number of anilines is 1. The molecule has 0 bridgehead atoms. The SMILES string of the molecule is O=C1CCC(c2ccc(Cl)cc2)N1c1ccccc1Cl. The maximum atomic E-state index is 12.2. The molecule has 20 heavy (non-hydrogen) atoms. The molecule has 0 aliphatic carbocycles. The van der Waals surface area contributed by atoms with Gasteiger partial charge in [0.2, 0.25) is 5.91 Å². The van der Waals surface area contributed by atoms with Crippen LogP contribution in [-0.2, 0) is 4.79 Å². The molecule has 0 saturated carbocycles. The van der Waals surface area contributed by atoms with Gasteiger partial charge in [0.1, 0.15) is 0 Å². The normalized spacial score (nSPS) is 18.6. The van der Waals surface area contributed by atoms with Crippen molar-refractivity contribution >= 4 is 34.8 Å². The summed E-state index contributed by atoms with van der Waals surface area (Å²) in [7, 11) is 0. The Labute approximate surface area is 127 Å². The second-order valence-corrected chi connectivity index (χ2v) is 5.66. The lowest BCUT2D eigenvalue weighted by Crippen LogP contribution is -2.27. The Balaban J connectivity index is 2.01. The average molecular weight is 306 g/mol. The van der Waals surface area contributed by atoms with Crippen LogP contribution in [0.2, 0.25) is 10.0 Å². The molecule has 1 unspecified atom stereocenters. The lowest BCUT2D eigenvalue weighted by Gasteiger charge is -2.26. The third kappa shape index (κ3) is 2.41. The zero-order valence-corrected chi connectivity index (χ0v) is 12.2. The minimum absolute atomic E-state index is 0.0275. The molecule has 2 aromatic carbocycles. The van der Waals surface area contributed by atoms with Gasteiger partial charge in [-0.3, -0.25) is 4.79 Å². The van der Waals surface area contributed by atoms with Crippen LogP contribution in [0.5, 0.6) is 0 Å². The van der Waals surface area contributed by atoms with Crippen molar-refractivity contribution in [1.29, 1.82) is 0 Å². The highest BCUT2D eigenvalue weighted by Gasteiger charge is 2.34. The molecule has 0 aromatic heterocycles. The standard InChI is InChI=1S/C16H13Cl2NO/c17-12-7-5-11(6-8-12)14-9-10-16(20)19(14)15-4-2-1-3-13(15)18/h1-8,14H,9-10H2. The number of carbonyl (C=O) groups excluding carboxylic acids is 1. The van der Waals surface area contributed by atoms with E-state index in [0.717, 1.165) is 17.7 Å². The van der Waals surface area contributed by atoms with E-state index in [-0.39, 0.29) is 11.9 Å². The molecule has 102 valence electrons. The number of para-hydroxylation sites is 1. The van der Waals surface area contributed by atoms with Crippen LogP contribution in [0.15, 0.2) is 48.5 Å². The van der Waals surface area contributed by atoms with E-state index < -0.39 is 0 Å². The molecule has 2 aromatic rings. The molecule has 2 nitrogen and oxygen atoms in total. The summed E-state index contributed by atoms with van der Waals surface area (Å²) >= 11 is 12.2. The summed E-state index contributed by atoms with van der Waals surface area (Å²) in [5, 5.41) is 1.30. The molecule has 0 radical (unpaired) electrons. The Bertz CT molecular complexity index is 639. The van der Waals surface area contributed by atoms with Crippen LogP contribution in [-0.4, -0.2) is 5.91 Å². The summed E-state index contributed by atoms with van der Waals surface area (Å²) < 4.78 is 0. The zero-order valence-electron chi connectivity index (χ0n) is 10.7. The molecule has 1 saturated heterocycles.